The number of hydrogen-bond donors (Lipinski definition) is 1. The number of aryl methyl sites for hydroxylation is 2. The molecule has 0 saturated heterocycles. The molecule has 1 unspecified atom stereocenters. The standard InChI is InChI=1S/C44H49N5S5/c1-6-11-13-14-20-45-28-18-16-27(17-19-28)32-23-35-36(51-32)25-38(53-35)40-42-41(46-30(9-4)31(10-5)47-42)39(43-44(40)49-54-48-43)37-24-34-33(52-37)22-29(50-34)21-26(8-3)15-12-7-2/h16-19,22-26,45H,6-15,20-21H2,1-5H3. The van der Waals surface area contributed by atoms with Crippen molar-refractivity contribution >= 4 is 104 Å². The van der Waals surface area contributed by atoms with Gasteiger partial charge >= 0.3 is 0 Å². The lowest BCUT2D eigenvalue weighted by Gasteiger charge is -2.13. The van der Waals surface area contributed by atoms with Crippen LogP contribution in [-0.2, 0) is 19.3 Å². The summed E-state index contributed by atoms with van der Waals surface area (Å²) < 4.78 is 15.3. The molecular weight excluding hydrogens is 759 g/mol. The quantitative estimate of drug-likeness (QED) is 0.0929. The van der Waals surface area contributed by atoms with Gasteiger partial charge in [0, 0.05) is 61.7 Å². The van der Waals surface area contributed by atoms with Gasteiger partial charge in [0.1, 0.15) is 22.1 Å². The molecule has 54 heavy (non-hydrogen) atoms. The van der Waals surface area contributed by atoms with Crippen molar-refractivity contribution in [1.29, 1.82) is 0 Å². The van der Waals surface area contributed by atoms with Gasteiger partial charge < -0.3 is 5.32 Å². The molecule has 5 nitrogen and oxygen atoms in total. The maximum atomic E-state index is 5.43. The Balaban J connectivity index is 1.16. The molecule has 0 fully saturated rings. The topological polar surface area (TPSA) is 63.6 Å². The second kappa shape index (κ2) is 16.8. The van der Waals surface area contributed by atoms with Crippen LogP contribution in [0, 0.1) is 5.92 Å². The summed E-state index contributed by atoms with van der Waals surface area (Å²) >= 11 is 8.83. The normalized spacial score (nSPS) is 12.6. The van der Waals surface area contributed by atoms with E-state index in [4.69, 9.17) is 18.7 Å². The molecule has 0 spiro atoms. The molecule has 0 amide bonds. The van der Waals surface area contributed by atoms with E-state index in [1.54, 1.807) is 0 Å². The van der Waals surface area contributed by atoms with Crippen molar-refractivity contribution in [3.05, 3.63) is 64.8 Å². The van der Waals surface area contributed by atoms with E-state index in [1.807, 2.05) is 45.3 Å². The fourth-order valence-electron chi connectivity index (χ4n) is 7.60. The summed E-state index contributed by atoms with van der Waals surface area (Å²) in [6, 6.07) is 18.5. The molecule has 0 aliphatic rings. The number of hydrogen-bond acceptors (Lipinski definition) is 10. The molecule has 2 aromatic carbocycles. The van der Waals surface area contributed by atoms with Crippen molar-refractivity contribution in [2.75, 3.05) is 11.9 Å². The van der Waals surface area contributed by atoms with Crippen LogP contribution in [0.25, 0.3) is 72.2 Å². The second-order valence-electron chi connectivity index (χ2n) is 14.4. The summed E-state index contributed by atoms with van der Waals surface area (Å²) in [5.74, 6) is 0.766. The summed E-state index contributed by atoms with van der Waals surface area (Å²) in [4.78, 5) is 16.1. The lowest BCUT2D eigenvalue weighted by Crippen LogP contribution is -2.03. The molecule has 6 heterocycles. The summed E-state index contributed by atoms with van der Waals surface area (Å²) in [7, 11) is 0. The Morgan fingerprint density at radius 1 is 0.593 bits per heavy atom. The van der Waals surface area contributed by atoms with E-state index >= 15 is 0 Å². The highest BCUT2D eigenvalue weighted by Crippen LogP contribution is 2.49. The second-order valence-corrected chi connectivity index (χ2v) is 19.4. The molecule has 0 bridgehead atoms. The smallest absolute Gasteiger partial charge is 0.116 e. The third-order valence-electron chi connectivity index (χ3n) is 10.7. The Kier molecular flexibility index (Phi) is 11.7. The first-order valence-electron chi connectivity index (χ1n) is 19.9. The van der Waals surface area contributed by atoms with Gasteiger partial charge in [-0.3, -0.25) is 0 Å². The summed E-state index contributed by atoms with van der Waals surface area (Å²) in [5, 5.41) is 3.59. The average molecular weight is 808 g/mol. The first-order valence-corrected chi connectivity index (χ1v) is 23.9. The number of benzene rings is 2. The van der Waals surface area contributed by atoms with Crippen LogP contribution in [0.4, 0.5) is 5.69 Å². The summed E-state index contributed by atoms with van der Waals surface area (Å²) in [5.41, 5.74) is 10.6. The van der Waals surface area contributed by atoms with E-state index in [-0.39, 0.29) is 0 Å². The zero-order valence-corrected chi connectivity index (χ0v) is 36.1. The molecule has 1 N–H and O–H groups in total. The molecular formula is C44H49N5S5. The number of nitrogens with one attached hydrogen (secondary N) is 1. The monoisotopic (exact) mass is 807 g/mol. The van der Waals surface area contributed by atoms with Crippen LogP contribution in [0.2, 0.25) is 0 Å². The Bertz CT molecular complexity index is 2450. The van der Waals surface area contributed by atoms with Crippen LogP contribution in [0.5, 0.6) is 0 Å². The molecule has 8 aromatic rings. The molecule has 6 aromatic heterocycles. The van der Waals surface area contributed by atoms with E-state index in [1.165, 1.54) is 119 Å². The maximum Gasteiger partial charge on any atom is 0.116 e. The van der Waals surface area contributed by atoms with Crippen LogP contribution in [0.3, 0.4) is 0 Å². The van der Waals surface area contributed by atoms with Gasteiger partial charge in [-0.1, -0.05) is 91.7 Å². The molecule has 280 valence electrons. The average Bonchev–Trinajstić information content (AvgIpc) is 4.03. The number of thiophene rings is 4. The van der Waals surface area contributed by atoms with Crippen LogP contribution in [-0.4, -0.2) is 25.3 Å². The lowest BCUT2D eigenvalue weighted by molar-refractivity contribution is 0.452. The minimum Gasteiger partial charge on any atom is -0.385 e. The molecule has 0 radical (unpaired) electrons. The Labute approximate surface area is 339 Å². The number of aromatic nitrogens is 4. The number of fused-ring (bicyclic) bond motifs is 4. The van der Waals surface area contributed by atoms with Crippen molar-refractivity contribution in [2.45, 2.75) is 105 Å². The van der Waals surface area contributed by atoms with Crippen molar-refractivity contribution < 1.29 is 0 Å². The Hall–Kier alpha value is -3.28. The first kappa shape index (κ1) is 37.6. The Morgan fingerprint density at radius 2 is 1.17 bits per heavy atom. The highest BCUT2D eigenvalue weighted by Gasteiger charge is 2.26. The number of anilines is 1. The molecule has 0 aliphatic carbocycles. The predicted octanol–water partition coefficient (Wildman–Crippen LogP) is 15.1. The van der Waals surface area contributed by atoms with Gasteiger partial charge in [-0.25, -0.2) is 9.97 Å². The minimum absolute atomic E-state index is 0.766. The van der Waals surface area contributed by atoms with Gasteiger partial charge in [-0.15, -0.1) is 45.3 Å². The third kappa shape index (κ3) is 7.49. The SMILES string of the molecule is CCCCCCNc1ccc(-c2cc3sc(-c4c5nsnc5c(-c5cc6sc(CC(CC)CCCC)cc6s5)c5nc(CC)c(CC)nc45)cc3s2)cc1. The summed E-state index contributed by atoms with van der Waals surface area (Å²) in [6.45, 7) is 12.3. The minimum atomic E-state index is 0.766. The van der Waals surface area contributed by atoms with Crippen LogP contribution < -0.4 is 5.32 Å². The van der Waals surface area contributed by atoms with Gasteiger partial charge in [0.05, 0.1) is 23.1 Å². The van der Waals surface area contributed by atoms with Gasteiger partial charge in [0.2, 0.25) is 0 Å². The van der Waals surface area contributed by atoms with Gasteiger partial charge in [0.25, 0.3) is 0 Å². The van der Waals surface area contributed by atoms with Gasteiger partial charge in [0.15, 0.2) is 0 Å². The zero-order chi connectivity index (χ0) is 37.2. The van der Waals surface area contributed by atoms with Gasteiger partial charge in [-0.05, 0) is 73.6 Å². The number of rotatable bonds is 17. The number of unbranched alkanes of at least 4 members (excludes halogenated alkanes) is 4. The van der Waals surface area contributed by atoms with E-state index in [9.17, 15) is 0 Å². The van der Waals surface area contributed by atoms with Crippen LogP contribution >= 0.6 is 57.1 Å². The van der Waals surface area contributed by atoms with Crippen molar-refractivity contribution in [2.24, 2.45) is 5.92 Å². The largest absolute Gasteiger partial charge is 0.385 e. The van der Waals surface area contributed by atoms with E-state index in [2.05, 4.69) is 88.5 Å². The highest BCUT2D eigenvalue weighted by atomic mass is 32.1. The molecule has 1 atom stereocenters. The molecule has 10 heteroatoms. The maximum absolute atomic E-state index is 5.43. The number of nitrogens with zero attached hydrogens (tertiary/aromatic N) is 4. The van der Waals surface area contributed by atoms with Crippen molar-refractivity contribution in [3.8, 4) is 31.3 Å². The molecule has 0 aliphatic heterocycles. The van der Waals surface area contributed by atoms with Crippen molar-refractivity contribution in [3.63, 3.8) is 0 Å². The predicted molar refractivity (Wildman–Crippen MR) is 242 cm³/mol. The van der Waals surface area contributed by atoms with Crippen molar-refractivity contribution in [1.82, 2.24) is 18.7 Å². The van der Waals surface area contributed by atoms with Gasteiger partial charge in [-0.2, -0.15) is 8.75 Å². The molecule has 8 rings (SSSR count). The first-order chi connectivity index (χ1) is 26.5. The third-order valence-corrected chi connectivity index (χ3v) is 15.9. The summed E-state index contributed by atoms with van der Waals surface area (Å²) in [6.07, 6.45) is 13.1. The Morgan fingerprint density at radius 3 is 1.74 bits per heavy atom. The van der Waals surface area contributed by atoms with Crippen LogP contribution in [0.15, 0.2) is 48.5 Å². The zero-order valence-electron chi connectivity index (χ0n) is 32.0. The van der Waals surface area contributed by atoms with Crippen LogP contribution in [0.1, 0.15) is 102 Å². The lowest BCUT2D eigenvalue weighted by atomic mass is 9.95. The molecule has 0 saturated carbocycles. The van der Waals surface area contributed by atoms with E-state index < -0.39 is 0 Å². The fourth-order valence-corrected chi connectivity index (χ4v) is 13.2. The fraction of sp³-hybridized carbons (Fsp3) is 0.409. The highest BCUT2D eigenvalue weighted by molar-refractivity contribution is 7.31. The van der Waals surface area contributed by atoms with E-state index in [0.29, 0.717) is 0 Å². The van der Waals surface area contributed by atoms with E-state index in [0.717, 1.165) is 69.9 Å².